The predicted octanol–water partition coefficient (Wildman–Crippen LogP) is 2.91. The van der Waals surface area contributed by atoms with Gasteiger partial charge in [0.05, 0.1) is 24.4 Å². The quantitative estimate of drug-likeness (QED) is 0.796. The number of carbonyl (C=O) groups excluding carboxylic acids is 1. The smallest absolute Gasteiger partial charge is 0.254 e. The molecule has 5 nitrogen and oxygen atoms in total. The zero-order chi connectivity index (χ0) is 16.4. The molecular formula is C15H11F2N3O2S. The third kappa shape index (κ3) is 2.98. The van der Waals surface area contributed by atoms with Crippen molar-refractivity contribution in [2.24, 2.45) is 0 Å². The van der Waals surface area contributed by atoms with E-state index in [1.807, 2.05) is 0 Å². The highest BCUT2D eigenvalue weighted by molar-refractivity contribution is 7.00. The Hall–Kier alpha value is -2.61. The van der Waals surface area contributed by atoms with Crippen LogP contribution in [0.5, 0.6) is 5.75 Å². The molecule has 1 amide bonds. The van der Waals surface area contributed by atoms with E-state index in [0.717, 1.165) is 47.6 Å². The van der Waals surface area contributed by atoms with Crippen molar-refractivity contribution in [2.45, 2.75) is 6.54 Å². The third-order valence-corrected chi connectivity index (χ3v) is 3.83. The molecule has 3 aromatic rings. The van der Waals surface area contributed by atoms with Crippen molar-refractivity contribution in [1.82, 2.24) is 14.1 Å². The first-order valence-electron chi connectivity index (χ1n) is 6.61. The van der Waals surface area contributed by atoms with Gasteiger partial charge in [-0.3, -0.25) is 4.79 Å². The van der Waals surface area contributed by atoms with Gasteiger partial charge < -0.3 is 10.1 Å². The number of carbonyl (C=O) groups is 1. The molecule has 0 saturated carbocycles. The monoisotopic (exact) mass is 335 g/mol. The molecular weight excluding hydrogens is 324 g/mol. The summed E-state index contributed by atoms with van der Waals surface area (Å²) in [5.41, 5.74) is 2.03. The number of fused-ring (bicyclic) bond motifs is 1. The van der Waals surface area contributed by atoms with Gasteiger partial charge in [0.25, 0.3) is 5.91 Å². The standard InChI is InChI=1S/C15H11F2N3O2S/c1-22-14-10(16)4-3-9(13(14)17)15(21)18-7-8-2-5-11-12(6-8)20-23-19-11/h2-6H,7H2,1H3,(H,18,21). The number of benzene rings is 2. The SMILES string of the molecule is COc1c(F)ccc(C(=O)NCc2ccc3nsnc3c2)c1F. The number of ether oxygens (including phenoxy) is 1. The summed E-state index contributed by atoms with van der Waals surface area (Å²) in [6, 6.07) is 7.45. The minimum atomic E-state index is -1.02. The first-order chi connectivity index (χ1) is 11.1. The molecule has 0 radical (unpaired) electrons. The minimum absolute atomic E-state index is 0.186. The number of hydrogen-bond acceptors (Lipinski definition) is 5. The van der Waals surface area contributed by atoms with Crippen molar-refractivity contribution in [3.05, 3.63) is 53.1 Å². The van der Waals surface area contributed by atoms with Crippen LogP contribution in [0.2, 0.25) is 0 Å². The largest absolute Gasteiger partial charge is 0.491 e. The van der Waals surface area contributed by atoms with Crippen molar-refractivity contribution in [3.63, 3.8) is 0 Å². The average Bonchev–Trinajstić information content (AvgIpc) is 3.00. The third-order valence-electron chi connectivity index (χ3n) is 3.27. The van der Waals surface area contributed by atoms with Crippen molar-refractivity contribution in [1.29, 1.82) is 0 Å². The van der Waals surface area contributed by atoms with Crippen LogP contribution in [0.3, 0.4) is 0 Å². The van der Waals surface area contributed by atoms with E-state index in [9.17, 15) is 13.6 Å². The fourth-order valence-corrected chi connectivity index (χ4v) is 2.63. The maximum absolute atomic E-state index is 14.0. The topological polar surface area (TPSA) is 64.1 Å². The van der Waals surface area contributed by atoms with Crippen LogP contribution < -0.4 is 10.1 Å². The van der Waals surface area contributed by atoms with Crippen LogP contribution in [0.25, 0.3) is 11.0 Å². The molecule has 0 aliphatic rings. The molecule has 0 unspecified atom stereocenters. The van der Waals surface area contributed by atoms with Gasteiger partial charge in [-0.15, -0.1) is 0 Å². The Balaban J connectivity index is 1.76. The van der Waals surface area contributed by atoms with Crippen LogP contribution in [0, 0.1) is 11.6 Å². The first kappa shape index (κ1) is 15.3. The maximum Gasteiger partial charge on any atom is 0.254 e. The fourth-order valence-electron chi connectivity index (χ4n) is 2.11. The van der Waals surface area contributed by atoms with Gasteiger partial charge in [0.15, 0.2) is 17.4 Å². The Morgan fingerprint density at radius 2 is 2.00 bits per heavy atom. The molecule has 118 valence electrons. The highest BCUT2D eigenvalue weighted by Crippen LogP contribution is 2.24. The van der Waals surface area contributed by atoms with E-state index in [0.29, 0.717) is 0 Å². The number of halogens is 2. The van der Waals surface area contributed by atoms with E-state index in [1.54, 1.807) is 18.2 Å². The van der Waals surface area contributed by atoms with E-state index in [2.05, 4.69) is 18.8 Å². The van der Waals surface area contributed by atoms with Crippen LogP contribution in [0.15, 0.2) is 30.3 Å². The predicted molar refractivity (Wildman–Crippen MR) is 81.5 cm³/mol. The molecule has 2 aromatic carbocycles. The molecule has 0 atom stereocenters. The van der Waals surface area contributed by atoms with E-state index >= 15 is 0 Å². The molecule has 3 rings (SSSR count). The number of methoxy groups -OCH3 is 1. The summed E-state index contributed by atoms with van der Waals surface area (Å²) in [6.45, 7) is 0.186. The summed E-state index contributed by atoms with van der Waals surface area (Å²) < 4.78 is 40.2. The summed E-state index contributed by atoms with van der Waals surface area (Å²) in [6.07, 6.45) is 0. The number of rotatable bonds is 4. The van der Waals surface area contributed by atoms with Crippen LogP contribution in [0.4, 0.5) is 8.78 Å². The van der Waals surface area contributed by atoms with Gasteiger partial charge in [0.1, 0.15) is 11.0 Å². The number of hydrogen-bond donors (Lipinski definition) is 1. The van der Waals surface area contributed by atoms with Gasteiger partial charge in [-0.2, -0.15) is 8.75 Å². The van der Waals surface area contributed by atoms with Crippen molar-refractivity contribution >= 4 is 28.7 Å². The van der Waals surface area contributed by atoms with Gasteiger partial charge >= 0.3 is 0 Å². The Kier molecular flexibility index (Phi) is 4.16. The zero-order valence-electron chi connectivity index (χ0n) is 12.0. The summed E-state index contributed by atoms with van der Waals surface area (Å²) >= 11 is 1.10. The van der Waals surface area contributed by atoms with Crippen LogP contribution in [0.1, 0.15) is 15.9 Å². The lowest BCUT2D eigenvalue weighted by atomic mass is 10.1. The lowest BCUT2D eigenvalue weighted by molar-refractivity contribution is 0.0946. The van der Waals surface area contributed by atoms with Crippen molar-refractivity contribution < 1.29 is 18.3 Å². The van der Waals surface area contributed by atoms with Gasteiger partial charge in [-0.25, -0.2) is 8.78 Å². The summed E-state index contributed by atoms with van der Waals surface area (Å²) in [5, 5.41) is 2.58. The Labute approximate surface area is 134 Å². The number of nitrogens with zero attached hydrogens (tertiary/aromatic N) is 2. The highest BCUT2D eigenvalue weighted by atomic mass is 32.1. The van der Waals surface area contributed by atoms with E-state index in [-0.39, 0.29) is 12.1 Å². The van der Waals surface area contributed by atoms with Crippen LogP contribution in [-0.2, 0) is 6.54 Å². The molecule has 0 aliphatic carbocycles. The molecule has 0 fully saturated rings. The normalized spacial score (nSPS) is 10.7. The number of aromatic nitrogens is 2. The summed E-state index contributed by atoms with van der Waals surface area (Å²) in [5.74, 6) is -3.11. The second-order valence-electron chi connectivity index (χ2n) is 4.71. The minimum Gasteiger partial charge on any atom is -0.491 e. The lowest BCUT2D eigenvalue weighted by Gasteiger charge is -2.09. The molecule has 0 aliphatic heterocycles. The first-order valence-corrected chi connectivity index (χ1v) is 7.34. The fraction of sp³-hybridized carbons (Fsp3) is 0.133. The summed E-state index contributed by atoms with van der Waals surface area (Å²) in [7, 11) is 1.14. The van der Waals surface area contributed by atoms with E-state index < -0.39 is 23.3 Å². The Morgan fingerprint density at radius 3 is 2.78 bits per heavy atom. The average molecular weight is 335 g/mol. The molecule has 0 bridgehead atoms. The molecule has 0 spiro atoms. The number of nitrogens with one attached hydrogen (secondary N) is 1. The van der Waals surface area contributed by atoms with Gasteiger partial charge in [0.2, 0.25) is 0 Å². The summed E-state index contributed by atoms with van der Waals surface area (Å²) in [4.78, 5) is 12.1. The zero-order valence-corrected chi connectivity index (χ0v) is 12.8. The van der Waals surface area contributed by atoms with Crippen LogP contribution in [-0.4, -0.2) is 21.8 Å². The van der Waals surface area contributed by atoms with E-state index in [1.165, 1.54) is 0 Å². The highest BCUT2D eigenvalue weighted by Gasteiger charge is 2.19. The molecule has 0 saturated heterocycles. The maximum atomic E-state index is 14.0. The second kappa shape index (κ2) is 6.25. The molecule has 1 heterocycles. The van der Waals surface area contributed by atoms with Gasteiger partial charge in [-0.1, -0.05) is 6.07 Å². The Bertz CT molecular complexity index is 882. The van der Waals surface area contributed by atoms with Crippen LogP contribution >= 0.6 is 11.7 Å². The van der Waals surface area contributed by atoms with E-state index in [4.69, 9.17) is 0 Å². The Morgan fingerprint density at radius 1 is 1.22 bits per heavy atom. The van der Waals surface area contributed by atoms with Crippen molar-refractivity contribution in [3.8, 4) is 5.75 Å². The van der Waals surface area contributed by atoms with Gasteiger partial charge in [-0.05, 0) is 29.8 Å². The molecule has 8 heteroatoms. The molecule has 1 aromatic heterocycles. The van der Waals surface area contributed by atoms with Crippen molar-refractivity contribution in [2.75, 3.05) is 7.11 Å². The lowest BCUT2D eigenvalue weighted by Crippen LogP contribution is -2.24. The second-order valence-corrected chi connectivity index (χ2v) is 5.24. The number of amides is 1. The molecule has 1 N–H and O–H groups in total. The van der Waals surface area contributed by atoms with Gasteiger partial charge in [0, 0.05) is 6.54 Å². The molecule has 23 heavy (non-hydrogen) atoms.